The van der Waals surface area contributed by atoms with Crippen molar-refractivity contribution in [1.29, 1.82) is 0 Å². The average Bonchev–Trinajstić information content (AvgIpc) is 2.46. The van der Waals surface area contributed by atoms with E-state index in [0.717, 1.165) is 0 Å². The fourth-order valence-electron chi connectivity index (χ4n) is 1.98. The molecule has 0 spiro atoms. The van der Waals surface area contributed by atoms with Gasteiger partial charge in [0.05, 0.1) is 24.4 Å². The summed E-state index contributed by atoms with van der Waals surface area (Å²) in [6.07, 6.45) is 4.44. The summed E-state index contributed by atoms with van der Waals surface area (Å²) in [6.45, 7) is 3.44. The molecule has 2 unspecified atom stereocenters. The summed E-state index contributed by atoms with van der Waals surface area (Å²) in [4.78, 5) is 23.1. The topological polar surface area (TPSA) is 93.1 Å². The van der Waals surface area contributed by atoms with Crippen LogP contribution in [0.5, 0.6) is 0 Å². The van der Waals surface area contributed by atoms with Crippen molar-refractivity contribution in [1.82, 2.24) is 0 Å². The van der Waals surface area contributed by atoms with Gasteiger partial charge < -0.3 is 19.7 Å². The van der Waals surface area contributed by atoms with Crippen LogP contribution < -0.4 is 0 Å². The lowest BCUT2D eigenvalue weighted by atomic mass is 10.1. The SMILES string of the molecule is CC1CC[C@H](O)/C=C/C(=O)OC(C)CC[C@H](O)/C=C/C(=O)O1. The van der Waals surface area contributed by atoms with Gasteiger partial charge in [0.15, 0.2) is 0 Å². The molecule has 0 fully saturated rings. The molecule has 124 valence electrons. The first-order valence-corrected chi connectivity index (χ1v) is 7.50. The fraction of sp³-hybridized carbons (Fsp3) is 0.625. The lowest BCUT2D eigenvalue weighted by Crippen LogP contribution is -2.18. The molecule has 1 rings (SSSR count). The Hall–Kier alpha value is -1.66. The molecule has 0 aromatic heterocycles. The van der Waals surface area contributed by atoms with Crippen LogP contribution in [-0.4, -0.2) is 46.6 Å². The number of aliphatic hydroxyl groups excluding tert-OH is 2. The minimum atomic E-state index is -0.797. The van der Waals surface area contributed by atoms with Gasteiger partial charge in [-0.15, -0.1) is 0 Å². The van der Waals surface area contributed by atoms with Gasteiger partial charge in [0, 0.05) is 12.2 Å². The number of hydrogen-bond donors (Lipinski definition) is 2. The molecule has 22 heavy (non-hydrogen) atoms. The van der Waals surface area contributed by atoms with E-state index in [1.54, 1.807) is 13.8 Å². The molecule has 6 heteroatoms. The van der Waals surface area contributed by atoms with Gasteiger partial charge in [-0.1, -0.05) is 0 Å². The third-order valence-electron chi connectivity index (χ3n) is 3.28. The molecule has 0 aliphatic carbocycles. The molecule has 0 aromatic carbocycles. The van der Waals surface area contributed by atoms with Gasteiger partial charge in [-0.2, -0.15) is 0 Å². The van der Waals surface area contributed by atoms with Gasteiger partial charge in [-0.25, -0.2) is 9.59 Å². The molecule has 0 aromatic rings. The zero-order valence-corrected chi connectivity index (χ0v) is 13.0. The summed E-state index contributed by atoms with van der Waals surface area (Å²) in [5.41, 5.74) is 0. The summed E-state index contributed by atoms with van der Waals surface area (Å²) >= 11 is 0. The highest BCUT2D eigenvalue weighted by molar-refractivity contribution is 5.82. The number of aliphatic hydroxyl groups is 2. The summed E-state index contributed by atoms with van der Waals surface area (Å²) in [6, 6.07) is 0. The molecule has 0 radical (unpaired) electrons. The normalized spacial score (nSPS) is 35.3. The smallest absolute Gasteiger partial charge is 0.330 e. The first-order chi connectivity index (χ1) is 10.4. The van der Waals surface area contributed by atoms with Crippen LogP contribution in [0.25, 0.3) is 0 Å². The Bertz CT molecular complexity index is 388. The van der Waals surface area contributed by atoms with Crippen LogP contribution in [0.1, 0.15) is 39.5 Å². The van der Waals surface area contributed by atoms with E-state index < -0.39 is 24.1 Å². The third kappa shape index (κ3) is 7.95. The number of cyclic esters (lactones) is 2. The van der Waals surface area contributed by atoms with Crippen LogP contribution in [0.4, 0.5) is 0 Å². The summed E-state index contributed by atoms with van der Waals surface area (Å²) in [5.74, 6) is -1.05. The van der Waals surface area contributed by atoms with E-state index >= 15 is 0 Å². The molecule has 1 heterocycles. The summed E-state index contributed by atoms with van der Waals surface area (Å²) < 4.78 is 10.3. The molecule has 1 aliphatic heterocycles. The van der Waals surface area contributed by atoms with Crippen molar-refractivity contribution >= 4 is 11.9 Å². The number of rotatable bonds is 0. The Balaban J connectivity index is 2.70. The Labute approximate surface area is 130 Å². The number of hydrogen-bond acceptors (Lipinski definition) is 6. The second-order valence-electron chi connectivity index (χ2n) is 5.50. The molecule has 0 amide bonds. The molecule has 2 N–H and O–H groups in total. The van der Waals surface area contributed by atoms with Crippen molar-refractivity contribution < 1.29 is 29.3 Å². The van der Waals surface area contributed by atoms with Gasteiger partial charge in [0.1, 0.15) is 0 Å². The van der Waals surface area contributed by atoms with Crippen molar-refractivity contribution in [2.45, 2.75) is 63.9 Å². The van der Waals surface area contributed by atoms with Crippen LogP contribution in [0.2, 0.25) is 0 Å². The maximum atomic E-state index is 11.6. The van der Waals surface area contributed by atoms with E-state index in [1.807, 2.05) is 0 Å². The van der Waals surface area contributed by atoms with Gasteiger partial charge >= 0.3 is 11.9 Å². The average molecular weight is 312 g/mol. The van der Waals surface area contributed by atoms with Gasteiger partial charge in [-0.05, 0) is 51.7 Å². The van der Waals surface area contributed by atoms with Crippen LogP contribution in [0, 0.1) is 0 Å². The molecular weight excluding hydrogens is 288 g/mol. The largest absolute Gasteiger partial charge is 0.460 e. The minimum absolute atomic E-state index is 0.361. The first kappa shape index (κ1) is 18.4. The van der Waals surface area contributed by atoms with Crippen LogP contribution in [-0.2, 0) is 19.1 Å². The fourth-order valence-corrected chi connectivity index (χ4v) is 1.98. The van der Waals surface area contributed by atoms with Gasteiger partial charge in [0.2, 0.25) is 0 Å². The summed E-state index contributed by atoms with van der Waals surface area (Å²) in [5, 5.41) is 19.5. The minimum Gasteiger partial charge on any atom is -0.460 e. The quantitative estimate of drug-likeness (QED) is 0.654. The third-order valence-corrected chi connectivity index (χ3v) is 3.28. The summed E-state index contributed by atoms with van der Waals surface area (Å²) in [7, 11) is 0. The molecule has 4 atom stereocenters. The van der Waals surface area contributed by atoms with Crippen molar-refractivity contribution in [2.75, 3.05) is 0 Å². The molecule has 0 bridgehead atoms. The molecular formula is C16H24O6. The standard InChI is InChI=1S/C16H24O6/c1-11-3-5-13(17)8-10-16(20)22-12(2)4-6-14(18)7-9-15(19)21-11/h7-14,17-18H,3-6H2,1-2H3/b9-7+,10-8+/t11?,12?,13-,14-/m0/s1. The molecule has 0 saturated carbocycles. The van der Waals surface area contributed by atoms with E-state index in [9.17, 15) is 19.8 Å². The number of ether oxygens (including phenoxy) is 2. The highest BCUT2D eigenvalue weighted by atomic mass is 16.5. The van der Waals surface area contributed by atoms with E-state index in [0.29, 0.717) is 25.7 Å². The van der Waals surface area contributed by atoms with Crippen LogP contribution in [0.3, 0.4) is 0 Å². The van der Waals surface area contributed by atoms with E-state index in [-0.39, 0.29) is 12.2 Å². The predicted octanol–water partition coefficient (Wildman–Crippen LogP) is 1.26. The van der Waals surface area contributed by atoms with Gasteiger partial charge in [0.25, 0.3) is 0 Å². The number of carbonyl (C=O) groups excluding carboxylic acids is 2. The highest BCUT2D eigenvalue weighted by Crippen LogP contribution is 2.10. The lowest BCUT2D eigenvalue weighted by Gasteiger charge is -2.15. The maximum absolute atomic E-state index is 11.6. The second-order valence-corrected chi connectivity index (χ2v) is 5.50. The Morgan fingerprint density at radius 1 is 0.818 bits per heavy atom. The predicted molar refractivity (Wildman–Crippen MR) is 79.9 cm³/mol. The molecule has 1 aliphatic rings. The van der Waals surface area contributed by atoms with E-state index in [2.05, 4.69) is 0 Å². The first-order valence-electron chi connectivity index (χ1n) is 7.50. The monoisotopic (exact) mass is 312 g/mol. The number of carbonyl (C=O) groups is 2. The van der Waals surface area contributed by atoms with Crippen molar-refractivity contribution in [3.8, 4) is 0 Å². The number of esters is 2. The highest BCUT2D eigenvalue weighted by Gasteiger charge is 2.13. The molecule has 6 nitrogen and oxygen atoms in total. The Morgan fingerprint density at radius 3 is 1.55 bits per heavy atom. The molecule has 0 saturated heterocycles. The van der Waals surface area contributed by atoms with Crippen molar-refractivity contribution in [2.24, 2.45) is 0 Å². The van der Waals surface area contributed by atoms with E-state index in [4.69, 9.17) is 9.47 Å². The van der Waals surface area contributed by atoms with Gasteiger partial charge in [-0.3, -0.25) is 0 Å². The van der Waals surface area contributed by atoms with Crippen molar-refractivity contribution in [3.63, 3.8) is 0 Å². The maximum Gasteiger partial charge on any atom is 0.330 e. The second kappa shape index (κ2) is 9.38. The van der Waals surface area contributed by atoms with Crippen LogP contribution in [0.15, 0.2) is 24.3 Å². The zero-order valence-electron chi connectivity index (χ0n) is 13.0. The van der Waals surface area contributed by atoms with E-state index in [1.165, 1.54) is 24.3 Å². The van der Waals surface area contributed by atoms with Crippen molar-refractivity contribution in [3.05, 3.63) is 24.3 Å². The Kier molecular flexibility index (Phi) is 7.84. The lowest BCUT2D eigenvalue weighted by molar-refractivity contribution is -0.143. The zero-order chi connectivity index (χ0) is 16.5. The Morgan fingerprint density at radius 2 is 1.18 bits per heavy atom. The van der Waals surface area contributed by atoms with Crippen LogP contribution >= 0.6 is 0 Å².